The van der Waals surface area contributed by atoms with Crippen LogP contribution in [0.3, 0.4) is 0 Å². The van der Waals surface area contributed by atoms with Crippen molar-refractivity contribution in [1.82, 2.24) is 5.32 Å². The van der Waals surface area contributed by atoms with Crippen molar-refractivity contribution in [3.8, 4) is 0 Å². The van der Waals surface area contributed by atoms with Gasteiger partial charge in [0.15, 0.2) is 0 Å². The lowest BCUT2D eigenvalue weighted by Gasteiger charge is -2.26. The highest BCUT2D eigenvalue weighted by molar-refractivity contribution is 9.10. The van der Waals surface area contributed by atoms with Gasteiger partial charge in [-0.2, -0.15) is 0 Å². The molecule has 2 nitrogen and oxygen atoms in total. The first-order valence-electron chi connectivity index (χ1n) is 6.86. The molecule has 1 saturated carbocycles. The Morgan fingerprint density at radius 2 is 1.83 bits per heavy atom. The number of nitrogens with one attached hydrogen (secondary N) is 1. The highest BCUT2D eigenvalue weighted by Crippen LogP contribution is 2.22. The molecule has 3 unspecified atom stereocenters. The van der Waals surface area contributed by atoms with Crippen LogP contribution in [0.25, 0.3) is 0 Å². The SMILES string of the molecule is CC(NC1CCCCCC1O)c1ccc(Br)cc1. The fourth-order valence-corrected chi connectivity index (χ4v) is 2.92. The molecule has 1 fully saturated rings. The Morgan fingerprint density at radius 3 is 2.56 bits per heavy atom. The van der Waals surface area contributed by atoms with Gasteiger partial charge in [0.05, 0.1) is 6.10 Å². The van der Waals surface area contributed by atoms with Crippen LogP contribution in [0.1, 0.15) is 50.6 Å². The van der Waals surface area contributed by atoms with Crippen molar-refractivity contribution in [3.05, 3.63) is 34.3 Å². The molecule has 100 valence electrons. The highest BCUT2D eigenvalue weighted by atomic mass is 79.9. The molecule has 1 aromatic rings. The zero-order valence-electron chi connectivity index (χ0n) is 10.9. The van der Waals surface area contributed by atoms with Gasteiger partial charge in [-0.1, -0.05) is 47.3 Å². The van der Waals surface area contributed by atoms with Gasteiger partial charge in [-0.15, -0.1) is 0 Å². The first-order valence-corrected chi connectivity index (χ1v) is 7.65. The monoisotopic (exact) mass is 311 g/mol. The summed E-state index contributed by atoms with van der Waals surface area (Å²) in [5.41, 5.74) is 1.27. The summed E-state index contributed by atoms with van der Waals surface area (Å²) < 4.78 is 1.10. The quantitative estimate of drug-likeness (QED) is 0.832. The largest absolute Gasteiger partial charge is 0.392 e. The Hall–Kier alpha value is -0.380. The van der Waals surface area contributed by atoms with Gasteiger partial charge in [-0.3, -0.25) is 0 Å². The van der Waals surface area contributed by atoms with E-state index in [4.69, 9.17) is 0 Å². The van der Waals surface area contributed by atoms with Crippen LogP contribution in [-0.2, 0) is 0 Å². The highest BCUT2D eigenvalue weighted by Gasteiger charge is 2.23. The van der Waals surface area contributed by atoms with Crippen LogP contribution in [0.4, 0.5) is 0 Å². The van der Waals surface area contributed by atoms with Crippen LogP contribution in [0.15, 0.2) is 28.7 Å². The van der Waals surface area contributed by atoms with Crippen LogP contribution in [-0.4, -0.2) is 17.3 Å². The maximum absolute atomic E-state index is 10.1. The third kappa shape index (κ3) is 3.81. The second-order valence-electron chi connectivity index (χ2n) is 5.25. The Kier molecular flexibility index (Phi) is 5.22. The van der Waals surface area contributed by atoms with Gasteiger partial charge >= 0.3 is 0 Å². The topological polar surface area (TPSA) is 32.3 Å². The Bertz CT molecular complexity index is 365. The van der Waals surface area contributed by atoms with Crippen molar-refractivity contribution in [1.29, 1.82) is 0 Å². The summed E-state index contributed by atoms with van der Waals surface area (Å²) in [6, 6.07) is 8.92. The maximum Gasteiger partial charge on any atom is 0.0693 e. The maximum atomic E-state index is 10.1. The number of aliphatic hydroxyl groups excluding tert-OH is 1. The molecule has 1 aromatic carbocycles. The molecule has 0 bridgehead atoms. The van der Waals surface area contributed by atoms with E-state index in [1.165, 1.54) is 18.4 Å². The van der Waals surface area contributed by atoms with Crippen LogP contribution in [0.2, 0.25) is 0 Å². The lowest BCUT2D eigenvalue weighted by Crippen LogP contribution is -2.40. The van der Waals surface area contributed by atoms with Crippen molar-refractivity contribution in [2.45, 2.75) is 57.2 Å². The number of aliphatic hydroxyl groups is 1. The van der Waals surface area contributed by atoms with Gasteiger partial charge in [0.2, 0.25) is 0 Å². The van der Waals surface area contributed by atoms with Gasteiger partial charge in [0.1, 0.15) is 0 Å². The summed E-state index contributed by atoms with van der Waals surface area (Å²) >= 11 is 3.45. The van der Waals surface area contributed by atoms with Crippen LogP contribution in [0.5, 0.6) is 0 Å². The van der Waals surface area contributed by atoms with E-state index in [2.05, 4.69) is 52.4 Å². The summed E-state index contributed by atoms with van der Waals surface area (Å²) in [5.74, 6) is 0. The van der Waals surface area contributed by atoms with Crippen molar-refractivity contribution in [3.63, 3.8) is 0 Å². The van der Waals surface area contributed by atoms with E-state index in [0.29, 0.717) is 0 Å². The molecule has 0 spiro atoms. The molecule has 0 aromatic heterocycles. The van der Waals surface area contributed by atoms with Gasteiger partial charge < -0.3 is 10.4 Å². The minimum atomic E-state index is -0.189. The van der Waals surface area contributed by atoms with Crippen molar-refractivity contribution < 1.29 is 5.11 Å². The normalized spacial score (nSPS) is 26.6. The van der Waals surface area contributed by atoms with Crippen molar-refractivity contribution >= 4 is 15.9 Å². The van der Waals surface area contributed by atoms with E-state index < -0.39 is 0 Å². The van der Waals surface area contributed by atoms with Gasteiger partial charge in [-0.05, 0) is 37.5 Å². The van der Waals surface area contributed by atoms with E-state index in [9.17, 15) is 5.11 Å². The molecular weight excluding hydrogens is 290 g/mol. The second-order valence-corrected chi connectivity index (χ2v) is 6.17. The molecule has 3 heteroatoms. The summed E-state index contributed by atoms with van der Waals surface area (Å²) in [4.78, 5) is 0. The molecule has 3 atom stereocenters. The Labute approximate surface area is 118 Å². The zero-order valence-corrected chi connectivity index (χ0v) is 12.5. The summed E-state index contributed by atoms with van der Waals surface area (Å²) in [6.07, 6.45) is 5.47. The third-order valence-electron chi connectivity index (χ3n) is 3.81. The molecular formula is C15H22BrNO. The lowest BCUT2D eigenvalue weighted by atomic mass is 10.0. The van der Waals surface area contributed by atoms with E-state index >= 15 is 0 Å². The first-order chi connectivity index (χ1) is 8.66. The fraction of sp³-hybridized carbons (Fsp3) is 0.600. The first kappa shape index (κ1) is 14.0. The molecule has 1 aliphatic rings. The zero-order chi connectivity index (χ0) is 13.0. The average Bonchev–Trinajstić information content (AvgIpc) is 2.56. The van der Waals surface area contributed by atoms with Gasteiger partial charge in [-0.25, -0.2) is 0 Å². The van der Waals surface area contributed by atoms with Crippen LogP contribution >= 0.6 is 15.9 Å². The molecule has 2 rings (SSSR count). The number of hydrogen-bond donors (Lipinski definition) is 2. The molecule has 0 saturated heterocycles. The van der Waals surface area contributed by atoms with Crippen molar-refractivity contribution in [2.24, 2.45) is 0 Å². The Morgan fingerprint density at radius 1 is 1.17 bits per heavy atom. The summed E-state index contributed by atoms with van der Waals surface area (Å²) in [6.45, 7) is 2.17. The molecule has 0 heterocycles. The number of hydrogen-bond acceptors (Lipinski definition) is 2. The van der Waals surface area contributed by atoms with E-state index in [0.717, 1.165) is 23.7 Å². The van der Waals surface area contributed by atoms with Crippen LogP contribution in [0, 0.1) is 0 Å². The lowest BCUT2D eigenvalue weighted by molar-refractivity contribution is 0.115. The van der Waals surface area contributed by atoms with E-state index in [1.807, 2.05) is 0 Å². The molecule has 2 N–H and O–H groups in total. The number of halogens is 1. The molecule has 1 aliphatic carbocycles. The van der Waals surface area contributed by atoms with E-state index in [-0.39, 0.29) is 18.2 Å². The molecule has 18 heavy (non-hydrogen) atoms. The summed E-state index contributed by atoms with van der Waals surface area (Å²) in [5, 5.41) is 13.7. The molecule has 0 aliphatic heterocycles. The number of rotatable bonds is 3. The Balaban J connectivity index is 1.97. The van der Waals surface area contributed by atoms with E-state index in [1.54, 1.807) is 0 Å². The average molecular weight is 312 g/mol. The van der Waals surface area contributed by atoms with Crippen LogP contribution < -0.4 is 5.32 Å². The molecule has 0 amide bonds. The minimum Gasteiger partial charge on any atom is -0.392 e. The van der Waals surface area contributed by atoms with Crippen molar-refractivity contribution in [2.75, 3.05) is 0 Å². The van der Waals surface area contributed by atoms with Gasteiger partial charge in [0, 0.05) is 16.6 Å². The summed E-state index contributed by atoms with van der Waals surface area (Å²) in [7, 11) is 0. The smallest absolute Gasteiger partial charge is 0.0693 e. The standard InChI is InChI=1S/C15H22BrNO/c1-11(12-7-9-13(16)10-8-12)17-14-5-3-2-4-6-15(14)18/h7-11,14-15,17-18H,2-6H2,1H3. The predicted octanol–water partition coefficient (Wildman–Crippen LogP) is 3.79. The minimum absolute atomic E-state index is 0.189. The number of benzene rings is 1. The molecule has 0 radical (unpaired) electrons. The predicted molar refractivity (Wildman–Crippen MR) is 78.6 cm³/mol. The fourth-order valence-electron chi connectivity index (χ4n) is 2.65. The third-order valence-corrected chi connectivity index (χ3v) is 4.34. The second kappa shape index (κ2) is 6.69. The van der Waals surface area contributed by atoms with Gasteiger partial charge in [0.25, 0.3) is 0 Å².